The van der Waals surface area contributed by atoms with E-state index in [-0.39, 0.29) is 18.0 Å². The fourth-order valence-corrected chi connectivity index (χ4v) is 1.16. The van der Waals surface area contributed by atoms with Gasteiger partial charge in [0, 0.05) is 11.8 Å². The minimum Gasteiger partial charge on any atom is -0.322 e. The van der Waals surface area contributed by atoms with E-state index < -0.39 is 11.9 Å². The Labute approximate surface area is 87.7 Å². The van der Waals surface area contributed by atoms with E-state index in [4.69, 9.17) is 0 Å². The molecule has 1 rings (SSSR count). The molecule has 1 heterocycles. The van der Waals surface area contributed by atoms with E-state index >= 15 is 0 Å². The van der Waals surface area contributed by atoms with E-state index in [9.17, 15) is 13.6 Å². The van der Waals surface area contributed by atoms with Crippen LogP contribution >= 0.6 is 15.9 Å². The minimum atomic E-state index is -1.02. The topological polar surface area (TPSA) is 42.0 Å². The number of amides is 1. The molecule has 0 aromatic carbocycles. The minimum absolute atomic E-state index is 0.114. The first kappa shape index (κ1) is 11.0. The van der Waals surface area contributed by atoms with Gasteiger partial charge in [-0.15, -0.1) is 0 Å². The van der Waals surface area contributed by atoms with Crippen molar-refractivity contribution in [1.82, 2.24) is 4.98 Å². The maximum atomic E-state index is 12.9. The largest absolute Gasteiger partial charge is 0.322 e. The molecule has 0 bridgehead atoms. The van der Waals surface area contributed by atoms with Crippen molar-refractivity contribution in [3.8, 4) is 0 Å². The van der Waals surface area contributed by atoms with Gasteiger partial charge in [-0.2, -0.15) is 13.8 Å². The number of carbonyl (C=O) groups is 1. The lowest BCUT2D eigenvalue weighted by molar-refractivity contribution is -0.115. The lowest BCUT2D eigenvalue weighted by Gasteiger charge is -2.03. The molecule has 1 aromatic rings. The van der Waals surface area contributed by atoms with E-state index in [2.05, 4.69) is 26.2 Å². The zero-order valence-electron chi connectivity index (χ0n) is 7.06. The summed E-state index contributed by atoms with van der Waals surface area (Å²) in [4.78, 5) is 13.9. The monoisotopic (exact) mass is 264 g/mol. The Bertz CT molecular complexity index is 346. The van der Waals surface area contributed by atoms with E-state index in [1.165, 1.54) is 0 Å². The van der Waals surface area contributed by atoms with Crippen LogP contribution in [0.25, 0.3) is 0 Å². The number of alkyl halides is 1. The fraction of sp³-hybridized carbons (Fsp3) is 0.250. The molecule has 0 radical (unpaired) electrons. The zero-order valence-corrected chi connectivity index (χ0v) is 8.64. The quantitative estimate of drug-likeness (QED) is 0.671. The Morgan fingerprint density at radius 1 is 1.50 bits per heavy atom. The molecule has 0 spiro atoms. The van der Waals surface area contributed by atoms with Crippen LogP contribution < -0.4 is 5.32 Å². The van der Waals surface area contributed by atoms with E-state index in [0.29, 0.717) is 5.33 Å². The summed E-state index contributed by atoms with van der Waals surface area (Å²) in [6.45, 7) is 0. The van der Waals surface area contributed by atoms with Gasteiger partial charge in [-0.3, -0.25) is 4.79 Å². The molecular weight excluding hydrogens is 258 g/mol. The van der Waals surface area contributed by atoms with Crippen molar-refractivity contribution in [2.24, 2.45) is 0 Å². The average Bonchev–Trinajstić information content (AvgIpc) is 2.10. The van der Waals surface area contributed by atoms with Crippen molar-refractivity contribution in [2.45, 2.75) is 6.42 Å². The molecule has 0 aliphatic carbocycles. The Morgan fingerprint density at radius 2 is 2.21 bits per heavy atom. The summed E-state index contributed by atoms with van der Waals surface area (Å²) in [5, 5.41) is 2.75. The molecule has 0 fully saturated rings. The van der Waals surface area contributed by atoms with Crippen LogP contribution in [0.3, 0.4) is 0 Å². The van der Waals surface area contributed by atoms with E-state index in [0.717, 1.165) is 12.1 Å². The molecule has 0 saturated heterocycles. The number of nitrogens with zero attached hydrogens (tertiary/aromatic N) is 1. The van der Waals surface area contributed by atoms with Crippen LogP contribution in [0.2, 0.25) is 0 Å². The van der Waals surface area contributed by atoms with Crippen molar-refractivity contribution in [3.05, 3.63) is 24.0 Å². The van der Waals surface area contributed by atoms with Crippen molar-refractivity contribution < 1.29 is 13.6 Å². The van der Waals surface area contributed by atoms with Gasteiger partial charge in [0.1, 0.15) is 0 Å². The summed E-state index contributed by atoms with van der Waals surface area (Å²) in [5.74, 6) is -2.29. The molecule has 0 saturated carbocycles. The maximum absolute atomic E-state index is 12.9. The third kappa shape index (κ3) is 3.02. The van der Waals surface area contributed by atoms with Gasteiger partial charge in [0.2, 0.25) is 17.8 Å². The van der Waals surface area contributed by atoms with Crippen LogP contribution in [-0.2, 0) is 4.79 Å². The molecule has 0 unspecified atom stereocenters. The number of carbonyl (C=O) groups excluding carboxylic acids is 1. The van der Waals surface area contributed by atoms with Gasteiger partial charge < -0.3 is 5.32 Å². The molecule has 0 aliphatic rings. The molecule has 1 aromatic heterocycles. The second-order valence-electron chi connectivity index (χ2n) is 2.46. The van der Waals surface area contributed by atoms with Crippen molar-refractivity contribution in [1.29, 1.82) is 0 Å². The van der Waals surface area contributed by atoms with E-state index in [1.807, 2.05) is 0 Å². The van der Waals surface area contributed by atoms with Crippen LogP contribution in [0.1, 0.15) is 6.42 Å². The lowest BCUT2D eigenvalue weighted by atomic mass is 10.3. The second-order valence-corrected chi connectivity index (χ2v) is 3.25. The highest BCUT2D eigenvalue weighted by Gasteiger charge is 2.08. The average molecular weight is 265 g/mol. The molecule has 1 amide bonds. The fourth-order valence-electron chi connectivity index (χ4n) is 0.804. The third-order valence-electron chi connectivity index (χ3n) is 1.41. The molecule has 1 N–H and O–H groups in total. The van der Waals surface area contributed by atoms with Crippen molar-refractivity contribution >= 4 is 27.5 Å². The summed E-state index contributed by atoms with van der Waals surface area (Å²) in [6, 6.07) is 2.11. The van der Waals surface area contributed by atoms with Gasteiger partial charge in [0.05, 0.1) is 5.69 Å². The first-order chi connectivity index (χ1) is 6.63. The summed E-state index contributed by atoms with van der Waals surface area (Å²) in [7, 11) is 0. The highest BCUT2D eigenvalue weighted by molar-refractivity contribution is 9.09. The Balaban J connectivity index is 2.72. The maximum Gasteiger partial charge on any atom is 0.239 e. The Morgan fingerprint density at radius 3 is 2.79 bits per heavy atom. The second kappa shape index (κ2) is 4.99. The highest BCUT2D eigenvalue weighted by atomic mass is 79.9. The number of halogens is 3. The third-order valence-corrected chi connectivity index (χ3v) is 1.81. The molecule has 3 nitrogen and oxygen atoms in total. The zero-order chi connectivity index (χ0) is 10.6. The molecule has 0 atom stereocenters. The first-order valence-corrected chi connectivity index (χ1v) is 4.93. The van der Waals surface area contributed by atoms with Crippen molar-refractivity contribution in [3.63, 3.8) is 0 Å². The standard InChI is InChI=1S/C8H7BrF2N2O/c9-4-3-7(14)12-5-1-2-6(10)13-8(5)11/h1-2H,3-4H2,(H,12,14). The molecule has 6 heteroatoms. The highest BCUT2D eigenvalue weighted by Crippen LogP contribution is 2.11. The van der Waals surface area contributed by atoms with Crippen LogP contribution in [-0.4, -0.2) is 16.2 Å². The van der Waals surface area contributed by atoms with Crippen LogP contribution in [0.15, 0.2) is 12.1 Å². The molecular formula is C8H7BrF2N2O. The smallest absolute Gasteiger partial charge is 0.239 e. The number of pyridine rings is 1. The van der Waals surface area contributed by atoms with Gasteiger partial charge in [-0.05, 0) is 12.1 Å². The van der Waals surface area contributed by atoms with Gasteiger partial charge in [-0.1, -0.05) is 15.9 Å². The first-order valence-electron chi connectivity index (χ1n) is 3.81. The van der Waals surface area contributed by atoms with E-state index in [1.54, 1.807) is 0 Å². The number of hydrogen-bond donors (Lipinski definition) is 1. The number of rotatable bonds is 3. The number of nitrogens with one attached hydrogen (secondary N) is 1. The summed E-state index contributed by atoms with van der Waals surface area (Å²) < 4.78 is 25.2. The molecule has 0 aliphatic heterocycles. The summed E-state index contributed by atoms with van der Waals surface area (Å²) >= 11 is 3.06. The molecule has 14 heavy (non-hydrogen) atoms. The summed E-state index contributed by atoms with van der Waals surface area (Å²) in [6.07, 6.45) is 0.219. The van der Waals surface area contributed by atoms with Crippen molar-refractivity contribution in [2.75, 3.05) is 10.6 Å². The predicted octanol–water partition coefficient (Wildman–Crippen LogP) is 2.08. The lowest BCUT2D eigenvalue weighted by Crippen LogP contribution is -2.13. The van der Waals surface area contributed by atoms with Crippen LogP contribution in [0.4, 0.5) is 14.5 Å². The Hall–Kier alpha value is -1.04. The van der Waals surface area contributed by atoms with Crippen LogP contribution in [0, 0.1) is 11.9 Å². The van der Waals surface area contributed by atoms with Gasteiger partial charge in [0.25, 0.3) is 0 Å². The Kier molecular flexibility index (Phi) is 3.94. The number of aromatic nitrogens is 1. The van der Waals surface area contributed by atoms with Gasteiger partial charge in [-0.25, -0.2) is 0 Å². The van der Waals surface area contributed by atoms with Gasteiger partial charge >= 0.3 is 0 Å². The predicted molar refractivity (Wildman–Crippen MR) is 51.2 cm³/mol. The van der Waals surface area contributed by atoms with Crippen LogP contribution in [0.5, 0.6) is 0 Å². The summed E-state index contributed by atoms with van der Waals surface area (Å²) in [5.41, 5.74) is -0.114. The van der Waals surface area contributed by atoms with Gasteiger partial charge in [0.15, 0.2) is 0 Å². The number of hydrogen-bond acceptors (Lipinski definition) is 2. The molecule has 76 valence electrons. The number of anilines is 1. The normalized spacial score (nSPS) is 9.93. The SMILES string of the molecule is O=C(CCBr)Nc1ccc(F)nc1F.